The highest BCUT2D eigenvalue weighted by molar-refractivity contribution is 6.48. The number of benzene rings is 2. The van der Waals surface area contributed by atoms with Crippen LogP contribution in [-0.2, 0) is 11.3 Å². The predicted octanol–water partition coefficient (Wildman–Crippen LogP) is 5.66. The van der Waals surface area contributed by atoms with Crippen molar-refractivity contribution in [1.29, 1.82) is 0 Å². The van der Waals surface area contributed by atoms with Crippen LogP contribution in [0.3, 0.4) is 0 Å². The molecule has 4 rings (SSSR count). The summed E-state index contributed by atoms with van der Waals surface area (Å²) in [6.07, 6.45) is 1.21. The van der Waals surface area contributed by atoms with Crippen LogP contribution >= 0.6 is 34.8 Å². The van der Waals surface area contributed by atoms with Crippen molar-refractivity contribution in [2.24, 2.45) is 0 Å². The number of ether oxygens (including phenoxy) is 1. The molecule has 4 aromatic rings. The maximum absolute atomic E-state index is 12.4. The lowest BCUT2D eigenvalue weighted by Gasteiger charge is -2.10. The second-order valence-electron chi connectivity index (χ2n) is 5.91. The number of halogens is 3. The van der Waals surface area contributed by atoms with Gasteiger partial charge in [0.05, 0.1) is 15.1 Å². The molecule has 2 aromatic heterocycles. The van der Waals surface area contributed by atoms with Crippen LogP contribution in [-0.4, -0.2) is 11.0 Å². The lowest BCUT2D eigenvalue weighted by molar-refractivity contribution is 0.0467. The monoisotopic (exact) mass is 433 g/mol. The molecule has 0 aliphatic rings. The first-order valence-corrected chi connectivity index (χ1v) is 9.20. The van der Waals surface area contributed by atoms with E-state index in [0.29, 0.717) is 16.5 Å². The van der Waals surface area contributed by atoms with Gasteiger partial charge in [0, 0.05) is 23.2 Å². The van der Waals surface area contributed by atoms with Gasteiger partial charge in [-0.3, -0.25) is 0 Å². The Morgan fingerprint density at radius 2 is 1.86 bits per heavy atom. The van der Waals surface area contributed by atoms with Crippen LogP contribution in [0.15, 0.2) is 57.9 Å². The van der Waals surface area contributed by atoms with Gasteiger partial charge in [-0.15, -0.1) is 0 Å². The van der Waals surface area contributed by atoms with Gasteiger partial charge in [-0.05, 0) is 16.8 Å². The first-order chi connectivity index (χ1) is 13.5. The van der Waals surface area contributed by atoms with E-state index in [1.54, 1.807) is 6.07 Å². The lowest BCUT2D eigenvalue weighted by atomic mass is 10.0. The Morgan fingerprint density at radius 1 is 1.07 bits per heavy atom. The zero-order chi connectivity index (χ0) is 19.8. The second-order valence-corrected chi connectivity index (χ2v) is 7.07. The summed E-state index contributed by atoms with van der Waals surface area (Å²) in [5, 5.41) is 2.58. The van der Waals surface area contributed by atoms with Gasteiger partial charge in [0.2, 0.25) is 0 Å². The molecule has 0 bridgehead atoms. The summed E-state index contributed by atoms with van der Waals surface area (Å²) in [4.78, 5) is 28.2. The Labute approximate surface area is 173 Å². The molecule has 0 aliphatic heterocycles. The number of esters is 1. The quantitative estimate of drug-likeness (QED) is 0.236. The predicted molar refractivity (Wildman–Crippen MR) is 108 cm³/mol. The number of pyridine rings is 1. The number of fused-ring (bicyclic) bond motifs is 3. The fourth-order valence-electron chi connectivity index (χ4n) is 2.93. The molecule has 28 heavy (non-hydrogen) atoms. The van der Waals surface area contributed by atoms with Gasteiger partial charge in [0.15, 0.2) is 5.69 Å². The molecule has 0 unspecified atom stereocenters. The van der Waals surface area contributed by atoms with Crippen molar-refractivity contribution >= 4 is 62.5 Å². The zero-order valence-corrected chi connectivity index (χ0v) is 16.3. The van der Waals surface area contributed by atoms with Crippen LogP contribution in [0.25, 0.3) is 21.7 Å². The molecule has 8 heteroatoms. The van der Waals surface area contributed by atoms with Crippen LogP contribution < -0.4 is 5.63 Å². The average Bonchev–Trinajstić information content (AvgIpc) is 2.69. The van der Waals surface area contributed by atoms with Crippen LogP contribution in [0.1, 0.15) is 16.1 Å². The van der Waals surface area contributed by atoms with Crippen LogP contribution in [0.2, 0.25) is 15.1 Å². The standard InChI is InChI=1S/C20H10Cl3NO4/c21-13-8-24-19(18(23)17(13)22)20(26)27-9-11-7-15(25)28-14-6-5-10-3-1-2-4-12(10)16(11)14/h1-8H,9H2. The van der Waals surface area contributed by atoms with E-state index in [0.717, 1.165) is 10.8 Å². The normalized spacial score (nSPS) is 11.1. The molecule has 0 radical (unpaired) electrons. The number of hydrogen-bond acceptors (Lipinski definition) is 5. The highest BCUT2D eigenvalue weighted by Crippen LogP contribution is 2.32. The Hall–Kier alpha value is -2.60. The third-order valence-electron chi connectivity index (χ3n) is 4.18. The van der Waals surface area contributed by atoms with Crippen molar-refractivity contribution in [3.63, 3.8) is 0 Å². The lowest BCUT2D eigenvalue weighted by Crippen LogP contribution is -2.10. The maximum atomic E-state index is 12.4. The number of nitrogens with zero attached hydrogens (tertiary/aromatic N) is 1. The summed E-state index contributed by atoms with van der Waals surface area (Å²) in [7, 11) is 0. The smallest absolute Gasteiger partial charge is 0.358 e. The zero-order valence-electron chi connectivity index (χ0n) is 14.0. The van der Waals surface area contributed by atoms with Gasteiger partial charge in [-0.2, -0.15) is 0 Å². The fraction of sp³-hybridized carbons (Fsp3) is 0.0500. The van der Waals surface area contributed by atoms with E-state index >= 15 is 0 Å². The van der Waals surface area contributed by atoms with Gasteiger partial charge in [0.1, 0.15) is 12.2 Å². The summed E-state index contributed by atoms with van der Waals surface area (Å²) in [6, 6.07) is 12.5. The molecule has 0 spiro atoms. The van der Waals surface area contributed by atoms with Gasteiger partial charge in [-0.25, -0.2) is 14.6 Å². The third kappa shape index (κ3) is 3.33. The molecular weight excluding hydrogens is 425 g/mol. The van der Waals surface area contributed by atoms with Gasteiger partial charge in [-0.1, -0.05) is 65.1 Å². The highest BCUT2D eigenvalue weighted by Gasteiger charge is 2.19. The van der Waals surface area contributed by atoms with E-state index in [9.17, 15) is 9.59 Å². The molecule has 0 fully saturated rings. The van der Waals surface area contributed by atoms with E-state index in [1.165, 1.54) is 12.3 Å². The van der Waals surface area contributed by atoms with Crippen LogP contribution in [0.4, 0.5) is 0 Å². The van der Waals surface area contributed by atoms with Crippen molar-refractivity contribution in [2.45, 2.75) is 6.61 Å². The third-order valence-corrected chi connectivity index (χ3v) is 5.42. The topological polar surface area (TPSA) is 69.4 Å². The molecule has 2 heterocycles. The minimum Gasteiger partial charge on any atom is -0.456 e. The molecular formula is C20H10Cl3NO4. The van der Waals surface area contributed by atoms with Crippen molar-refractivity contribution in [2.75, 3.05) is 0 Å². The average molecular weight is 435 g/mol. The van der Waals surface area contributed by atoms with Crippen molar-refractivity contribution in [1.82, 2.24) is 4.98 Å². The summed E-state index contributed by atoms with van der Waals surface area (Å²) in [5.41, 5.74) is 0.211. The SMILES string of the molecule is O=C(OCc1cc(=O)oc2ccc3ccccc3c12)c1ncc(Cl)c(Cl)c1Cl. The molecule has 140 valence electrons. The van der Waals surface area contributed by atoms with Crippen molar-refractivity contribution in [3.05, 3.63) is 85.4 Å². The van der Waals surface area contributed by atoms with Crippen LogP contribution in [0, 0.1) is 0 Å². The molecule has 0 N–H and O–H groups in total. The van der Waals surface area contributed by atoms with E-state index in [4.69, 9.17) is 44.0 Å². The Bertz CT molecular complexity index is 1300. The van der Waals surface area contributed by atoms with Crippen LogP contribution in [0.5, 0.6) is 0 Å². The highest BCUT2D eigenvalue weighted by atomic mass is 35.5. The maximum Gasteiger partial charge on any atom is 0.358 e. The first kappa shape index (κ1) is 18.7. The number of aromatic nitrogens is 1. The summed E-state index contributed by atoms with van der Waals surface area (Å²) >= 11 is 17.8. The second kappa shape index (κ2) is 7.43. The Balaban J connectivity index is 1.74. The largest absolute Gasteiger partial charge is 0.456 e. The van der Waals surface area contributed by atoms with Gasteiger partial charge in [0.25, 0.3) is 0 Å². The number of rotatable bonds is 3. The van der Waals surface area contributed by atoms with E-state index in [-0.39, 0.29) is 27.4 Å². The number of hydrogen-bond donors (Lipinski definition) is 0. The number of carbonyl (C=O) groups excluding carboxylic acids is 1. The Kier molecular flexibility index (Phi) is 4.98. The molecule has 5 nitrogen and oxygen atoms in total. The molecule has 0 saturated carbocycles. The molecule has 0 saturated heterocycles. The summed E-state index contributed by atoms with van der Waals surface area (Å²) < 4.78 is 10.6. The fourth-order valence-corrected chi connectivity index (χ4v) is 3.49. The summed E-state index contributed by atoms with van der Waals surface area (Å²) in [6.45, 7) is -0.173. The minimum atomic E-state index is -0.787. The Morgan fingerprint density at radius 3 is 2.68 bits per heavy atom. The van der Waals surface area contributed by atoms with Crippen molar-refractivity contribution in [3.8, 4) is 0 Å². The first-order valence-electron chi connectivity index (χ1n) is 8.07. The molecule has 0 aliphatic carbocycles. The van der Waals surface area contributed by atoms with E-state index in [2.05, 4.69) is 4.98 Å². The van der Waals surface area contributed by atoms with E-state index in [1.807, 2.05) is 30.3 Å². The number of carbonyl (C=O) groups is 1. The van der Waals surface area contributed by atoms with Crippen molar-refractivity contribution < 1.29 is 13.9 Å². The summed E-state index contributed by atoms with van der Waals surface area (Å²) in [5.74, 6) is -0.787. The van der Waals surface area contributed by atoms with Gasteiger partial charge < -0.3 is 9.15 Å². The molecule has 0 amide bonds. The minimum absolute atomic E-state index is 0.0158. The van der Waals surface area contributed by atoms with E-state index < -0.39 is 11.6 Å². The molecule has 0 atom stereocenters. The van der Waals surface area contributed by atoms with Gasteiger partial charge >= 0.3 is 11.6 Å². The molecule has 2 aromatic carbocycles.